The number of carboxylic acids is 1. The second kappa shape index (κ2) is 5.19. The highest BCUT2D eigenvalue weighted by Gasteiger charge is 2.16. The number of hydrogen-bond acceptors (Lipinski definition) is 3. The van der Waals surface area contributed by atoms with Gasteiger partial charge in [0.05, 0.1) is 10.5 Å². The number of benzene rings is 2. The van der Waals surface area contributed by atoms with Crippen molar-refractivity contribution < 1.29 is 14.8 Å². The van der Waals surface area contributed by atoms with Crippen molar-refractivity contribution in [2.24, 2.45) is 0 Å². The normalized spacial score (nSPS) is 10.2. The van der Waals surface area contributed by atoms with Gasteiger partial charge in [0.1, 0.15) is 0 Å². The molecule has 0 spiro atoms. The fourth-order valence-electron chi connectivity index (χ4n) is 1.70. The highest BCUT2D eigenvalue weighted by Crippen LogP contribution is 2.28. The van der Waals surface area contributed by atoms with Gasteiger partial charge in [0.25, 0.3) is 5.69 Å². The molecule has 2 rings (SSSR count). The van der Waals surface area contributed by atoms with Crippen molar-refractivity contribution in [2.45, 2.75) is 0 Å². The summed E-state index contributed by atoms with van der Waals surface area (Å²) in [7, 11) is 0. The predicted octanol–water partition coefficient (Wildman–Crippen LogP) is 3.72. The van der Waals surface area contributed by atoms with Crippen LogP contribution in [0.4, 0.5) is 5.69 Å². The molecule has 0 aliphatic rings. The molecule has 2 aromatic carbocycles. The van der Waals surface area contributed by atoms with Gasteiger partial charge in [-0.2, -0.15) is 0 Å². The molecular formula is C13H8BrNO4. The Hall–Kier alpha value is -2.21. The topological polar surface area (TPSA) is 80.4 Å². The molecule has 0 amide bonds. The summed E-state index contributed by atoms with van der Waals surface area (Å²) in [6.45, 7) is 0. The van der Waals surface area contributed by atoms with Gasteiger partial charge in [0, 0.05) is 16.6 Å². The molecule has 0 atom stereocenters. The van der Waals surface area contributed by atoms with Crippen LogP contribution in [0.15, 0.2) is 46.9 Å². The van der Waals surface area contributed by atoms with Crippen LogP contribution >= 0.6 is 15.9 Å². The average molecular weight is 322 g/mol. The second-order valence-electron chi connectivity index (χ2n) is 3.80. The molecule has 0 unspecified atom stereocenters. The van der Waals surface area contributed by atoms with Gasteiger partial charge in [-0.1, -0.05) is 28.1 Å². The molecule has 0 bridgehead atoms. The van der Waals surface area contributed by atoms with Gasteiger partial charge in [-0.25, -0.2) is 4.79 Å². The maximum Gasteiger partial charge on any atom is 0.336 e. The highest BCUT2D eigenvalue weighted by molar-refractivity contribution is 9.10. The largest absolute Gasteiger partial charge is 0.478 e. The van der Waals surface area contributed by atoms with Crippen LogP contribution in [0.2, 0.25) is 0 Å². The molecule has 0 heterocycles. The summed E-state index contributed by atoms with van der Waals surface area (Å²) in [6.07, 6.45) is 0. The van der Waals surface area contributed by atoms with E-state index in [9.17, 15) is 14.9 Å². The molecule has 0 aliphatic carbocycles. The summed E-state index contributed by atoms with van der Waals surface area (Å²) in [5, 5.41) is 19.8. The van der Waals surface area contributed by atoms with E-state index in [4.69, 9.17) is 5.11 Å². The zero-order chi connectivity index (χ0) is 14.0. The molecule has 6 heteroatoms. The van der Waals surface area contributed by atoms with Crippen LogP contribution in [0.5, 0.6) is 0 Å². The number of carbonyl (C=O) groups is 1. The van der Waals surface area contributed by atoms with Gasteiger partial charge in [-0.15, -0.1) is 0 Å². The minimum atomic E-state index is -1.19. The first-order chi connectivity index (χ1) is 8.99. The Morgan fingerprint density at radius 1 is 1.16 bits per heavy atom. The average Bonchev–Trinajstić information content (AvgIpc) is 2.38. The van der Waals surface area contributed by atoms with Gasteiger partial charge in [0.15, 0.2) is 0 Å². The van der Waals surface area contributed by atoms with Crippen molar-refractivity contribution in [3.63, 3.8) is 0 Å². The zero-order valence-electron chi connectivity index (χ0n) is 9.54. The Morgan fingerprint density at radius 3 is 2.32 bits per heavy atom. The fraction of sp³-hybridized carbons (Fsp3) is 0. The van der Waals surface area contributed by atoms with Crippen molar-refractivity contribution in [3.8, 4) is 11.1 Å². The molecule has 0 aromatic heterocycles. The number of nitro benzene ring substituents is 1. The number of halogens is 1. The molecule has 19 heavy (non-hydrogen) atoms. The number of rotatable bonds is 3. The van der Waals surface area contributed by atoms with Crippen LogP contribution in [-0.4, -0.2) is 16.0 Å². The third-order valence-electron chi connectivity index (χ3n) is 2.60. The Morgan fingerprint density at radius 2 is 1.79 bits per heavy atom. The minimum absolute atomic E-state index is 0.0866. The lowest BCUT2D eigenvalue weighted by atomic mass is 9.99. The van der Waals surface area contributed by atoms with E-state index in [-0.39, 0.29) is 11.3 Å². The van der Waals surface area contributed by atoms with Crippen LogP contribution in [0.25, 0.3) is 11.1 Å². The van der Waals surface area contributed by atoms with Crippen LogP contribution in [0, 0.1) is 10.1 Å². The first-order valence-electron chi connectivity index (χ1n) is 5.26. The van der Waals surface area contributed by atoms with Crippen LogP contribution < -0.4 is 0 Å². The molecule has 0 saturated carbocycles. The van der Waals surface area contributed by atoms with Crippen LogP contribution in [-0.2, 0) is 0 Å². The van der Waals surface area contributed by atoms with Crippen molar-refractivity contribution in [3.05, 3.63) is 62.6 Å². The van der Waals surface area contributed by atoms with E-state index in [2.05, 4.69) is 15.9 Å². The summed E-state index contributed by atoms with van der Waals surface area (Å²) in [4.78, 5) is 21.3. The summed E-state index contributed by atoms with van der Waals surface area (Å²) >= 11 is 3.29. The van der Waals surface area contributed by atoms with Gasteiger partial charge in [-0.05, 0) is 29.3 Å². The number of hydrogen-bond donors (Lipinski definition) is 1. The lowest BCUT2D eigenvalue weighted by Gasteiger charge is -2.06. The molecule has 5 nitrogen and oxygen atoms in total. The first-order valence-corrected chi connectivity index (χ1v) is 6.06. The molecule has 2 aromatic rings. The van der Waals surface area contributed by atoms with Crippen molar-refractivity contribution in [1.82, 2.24) is 0 Å². The molecule has 0 radical (unpaired) electrons. The number of aromatic carboxylic acids is 1. The number of nitro groups is 1. The Bertz CT molecular complexity index is 652. The Balaban J connectivity index is 2.59. The predicted molar refractivity (Wildman–Crippen MR) is 73.2 cm³/mol. The monoisotopic (exact) mass is 321 g/mol. The van der Waals surface area contributed by atoms with Crippen LogP contribution in [0.1, 0.15) is 10.4 Å². The smallest absolute Gasteiger partial charge is 0.336 e. The third-order valence-corrected chi connectivity index (χ3v) is 3.13. The number of nitrogens with zero attached hydrogens (tertiary/aromatic N) is 1. The molecule has 1 N–H and O–H groups in total. The molecule has 0 aliphatic heterocycles. The summed E-state index contributed by atoms with van der Waals surface area (Å²) in [5.74, 6) is -1.19. The van der Waals surface area contributed by atoms with Gasteiger partial charge in [-0.3, -0.25) is 10.1 Å². The van der Waals surface area contributed by atoms with E-state index in [1.165, 1.54) is 12.1 Å². The third kappa shape index (κ3) is 2.79. The van der Waals surface area contributed by atoms with E-state index in [1.54, 1.807) is 24.3 Å². The standard InChI is InChI=1S/C13H8BrNO4/c14-9-3-1-8(2-4-9)11-6-5-10(15(18)19)7-12(11)13(16)17/h1-7H,(H,16,17). The maximum atomic E-state index is 11.2. The second-order valence-corrected chi connectivity index (χ2v) is 4.71. The van der Waals surface area contributed by atoms with E-state index < -0.39 is 10.9 Å². The van der Waals surface area contributed by atoms with E-state index in [1.807, 2.05) is 0 Å². The lowest BCUT2D eigenvalue weighted by Crippen LogP contribution is -2.01. The number of carboxylic acid groups (broad SMARTS) is 1. The van der Waals surface area contributed by atoms with Crippen LogP contribution in [0.3, 0.4) is 0 Å². The Labute approximate surface area is 116 Å². The molecule has 0 fully saturated rings. The van der Waals surface area contributed by atoms with Crippen molar-refractivity contribution >= 4 is 27.6 Å². The summed E-state index contributed by atoms with van der Waals surface area (Å²) < 4.78 is 0.870. The minimum Gasteiger partial charge on any atom is -0.478 e. The summed E-state index contributed by atoms with van der Waals surface area (Å²) in [5.41, 5.74) is 0.816. The first kappa shape index (κ1) is 13.2. The quantitative estimate of drug-likeness (QED) is 0.690. The van der Waals surface area contributed by atoms with Gasteiger partial charge in [0.2, 0.25) is 0 Å². The summed E-state index contributed by atoms with van der Waals surface area (Å²) in [6, 6.07) is 10.9. The SMILES string of the molecule is O=C(O)c1cc([N+](=O)[O-])ccc1-c1ccc(Br)cc1. The lowest BCUT2D eigenvalue weighted by molar-refractivity contribution is -0.384. The van der Waals surface area contributed by atoms with E-state index >= 15 is 0 Å². The maximum absolute atomic E-state index is 11.2. The van der Waals surface area contributed by atoms with Gasteiger partial charge >= 0.3 is 5.97 Å². The molecular weight excluding hydrogens is 314 g/mol. The Kier molecular flexibility index (Phi) is 3.62. The highest BCUT2D eigenvalue weighted by atomic mass is 79.9. The number of non-ortho nitro benzene ring substituents is 1. The zero-order valence-corrected chi connectivity index (χ0v) is 11.1. The fourth-order valence-corrected chi connectivity index (χ4v) is 1.97. The van der Waals surface area contributed by atoms with Crippen molar-refractivity contribution in [1.29, 1.82) is 0 Å². The molecule has 0 saturated heterocycles. The van der Waals surface area contributed by atoms with E-state index in [0.717, 1.165) is 10.5 Å². The molecule has 96 valence electrons. The van der Waals surface area contributed by atoms with Crippen molar-refractivity contribution in [2.75, 3.05) is 0 Å². The van der Waals surface area contributed by atoms with E-state index in [0.29, 0.717) is 11.1 Å². The van der Waals surface area contributed by atoms with Gasteiger partial charge < -0.3 is 5.11 Å².